The lowest BCUT2D eigenvalue weighted by Gasteiger charge is -2.35. The molecule has 0 aliphatic carbocycles. The molecule has 0 saturated carbocycles. The molecule has 1 atom stereocenters. The number of nitrogens with zero attached hydrogens (tertiary/aromatic N) is 4. The molecule has 2 aromatic heterocycles. The van der Waals surface area contributed by atoms with Gasteiger partial charge in [0.2, 0.25) is 5.91 Å². The summed E-state index contributed by atoms with van der Waals surface area (Å²) in [5.74, 6) is 0.129. The van der Waals surface area contributed by atoms with E-state index in [1.54, 1.807) is 15.9 Å². The van der Waals surface area contributed by atoms with Gasteiger partial charge in [-0.15, -0.1) is 11.3 Å². The summed E-state index contributed by atoms with van der Waals surface area (Å²) in [5.41, 5.74) is 1.02. The highest BCUT2D eigenvalue weighted by atomic mass is 32.2. The number of hydrogen-bond donors (Lipinski definition) is 0. The molecule has 154 valence electrons. The Bertz CT molecular complexity index is 926. The van der Waals surface area contributed by atoms with Gasteiger partial charge in [-0.3, -0.25) is 14.2 Å². The number of aromatic nitrogens is 2. The molecule has 1 fully saturated rings. The zero-order valence-corrected chi connectivity index (χ0v) is 19.2. The van der Waals surface area contributed by atoms with Crippen LogP contribution in [0.15, 0.2) is 9.95 Å². The molecule has 0 spiro atoms. The highest BCUT2D eigenvalue weighted by Gasteiger charge is 2.27. The smallest absolute Gasteiger partial charge is 0.263 e. The molecule has 28 heavy (non-hydrogen) atoms. The van der Waals surface area contributed by atoms with Crippen molar-refractivity contribution in [2.75, 3.05) is 32.7 Å². The number of piperazine rings is 1. The normalized spacial score (nSPS) is 16.9. The van der Waals surface area contributed by atoms with Crippen molar-refractivity contribution >= 4 is 39.2 Å². The van der Waals surface area contributed by atoms with Crippen molar-refractivity contribution < 1.29 is 4.79 Å². The first-order valence-corrected chi connectivity index (χ1v) is 11.6. The standard InChI is InChI=1S/C20H30N4O2S2/c1-7-22-8-10-23(11-9-22)18(25)15(6)28-20-21-17-16(13(4)14(5)27-17)19(26)24(20)12(2)3/h12,15H,7-11H2,1-6H3. The van der Waals surface area contributed by atoms with Gasteiger partial charge in [-0.1, -0.05) is 18.7 Å². The lowest BCUT2D eigenvalue weighted by Crippen LogP contribution is -2.50. The van der Waals surface area contributed by atoms with Crippen LogP contribution in [-0.2, 0) is 4.79 Å². The lowest BCUT2D eigenvalue weighted by atomic mass is 10.2. The molecule has 1 saturated heterocycles. The quantitative estimate of drug-likeness (QED) is 0.547. The van der Waals surface area contributed by atoms with E-state index in [4.69, 9.17) is 4.98 Å². The Balaban J connectivity index is 1.88. The molecule has 1 unspecified atom stereocenters. The molecule has 1 amide bonds. The van der Waals surface area contributed by atoms with Gasteiger partial charge in [0, 0.05) is 37.1 Å². The van der Waals surface area contributed by atoms with Crippen LogP contribution in [-0.4, -0.2) is 63.2 Å². The molecule has 0 aromatic carbocycles. The number of thioether (sulfide) groups is 1. The highest BCUT2D eigenvalue weighted by Crippen LogP contribution is 2.31. The molecular weight excluding hydrogens is 392 g/mol. The van der Waals surface area contributed by atoms with Crippen molar-refractivity contribution in [3.63, 3.8) is 0 Å². The molecule has 0 N–H and O–H groups in total. The molecule has 8 heteroatoms. The monoisotopic (exact) mass is 422 g/mol. The SMILES string of the molecule is CCN1CCN(C(=O)C(C)Sc2nc3sc(C)c(C)c3c(=O)n2C(C)C)CC1. The van der Waals surface area contributed by atoms with Crippen molar-refractivity contribution in [1.29, 1.82) is 0 Å². The first-order chi connectivity index (χ1) is 13.2. The molecule has 6 nitrogen and oxygen atoms in total. The first kappa shape index (κ1) is 21.3. The maximum absolute atomic E-state index is 13.2. The number of likely N-dealkylation sites (N-methyl/N-ethyl adjacent to an activating group) is 1. The third-order valence-corrected chi connectivity index (χ3v) is 7.64. The van der Waals surface area contributed by atoms with E-state index >= 15 is 0 Å². The topological polar surface area (TPSA) is 58.4 Å². The van der Waals surface area contributed by atoms with E-state index in [9.17, 15) is 9.59 Å². The van der Waals surface area contributed by atoms with E-state index in [0.717, 1.165) is 53.4 Å². The summed E-state index contributed by atoms with van der Waals surface area (Å²) < 4.78 is 1.74. The van der Waals surface area contributed by atoms with Gasteiger partial charge in [-0.05, 0) is 46.7 Å². The summed E-state index contributed by atoms with van der Waals surface area (Å²) in [7, 11) is 0. The van der Waals surface area contributed by atoms with E-state index in [0.29, 0.717) is 5.16 Å². The van der Waals surface area contributed by atoms with Crippen LogP contribution in [0.5, 0.6) is 0 Å². The van der Waals surface area contributed by atoms with Gasteiger partial charge in [0.15, 0.2) is 5.16 Å². The number of hydrogen-bond acceptors (Lipinski definition) is 6. The summed E-state index contributed by atoms with van der Waals surface area (Å²) in [4.78, 5) is 37.1. The summed E-state index contributed by atoms with van der Waals surface area (Å²) >= 11 is 2.96. The predicted octanol–water partition coefficient (Wildman–Crippen LogP) is 3.30. The van der Waals surface area contributed by atoms with Crippen LogP contribution in [0.3, 0.4) is 0 Å². The average Bonchev–Trinajstić information content (AvgIpc) is 2.94. The average molecular weight is 423 g/mol. The minimum atomic E-state index is -0.273. The van der Waals surface area contributed by atoms with Crippen molar-refractivity contribution in [3.8, 4) is 0 Å². The van der Waals surface area contributed by atoms with Crippen molar-refractivity contribution in [2.45, 2.75) is 58.0 Å². The molecular formula is C20H30N4O2S2. The number of thiophene rings is 1. The van der Waals surface area contributed by atoms with Gasteiger partial charge in [0.1, 0.15) is 4.83 Å². The van der Waals surface area contributed by atoms with Crippen LogP contribution in [0.4, 0.5) is 0 Å². The number of carbonyl (C=O) groups excluding carboxylic acids is 1. The second kappa shape index (κ2) is 8.55. The highest BCUT2D eigenvalue weighted by molar-refractivity contribution is 8.00. The molecule has 0 bridgehead atoms. The zero-order valence-electron chi connectivity index (χ0n) is 17.6. The third-order valence-electron chi connectivity index (χ3n) is 5.48. The molecule has 3 rings (SSSR count). The van der Waals surface area contributed by atoms with Crippen LogP contribution < -0.4 is 5.56 Å². The fourth-order valence-electron chi connectivity index (χ4n) is 3.58. The first-order valence-electron chi connectivity index (χ1n) is 9.94. The summed E-state index contributed by atoms with van der Waals surface area (Å²) in [5, 5.41) is 1.08. The maximum Gasteiger partial charge on any atom is 0.263 e. The van der Waals surface area contributed by atoms with E-state index < -0.39 is 0 Å². The fraction of sp³-hybridized carbons (Fsp3) is 0.650. The van der Waals surface area contributed by atoms with Crippen LogP contribution in [0.2, 0.25) is 0 Å². The molecule has 2 aromatic rings. The van der Waals surface area contributed by atoms with Crippen LogP contribution in [0, 0.1) is 13.8 Å². The van der Waals surface area contributed by atoms with E-state index in [-0.39, 0.29) is 22.8 Å². The molecule has 1 aliphatic rings. The summed E-state index contributed by atoms with van der Waals surface area (Å²) in [6, 6.07) is -0.0121. The van der Waals surface area contributed by atoms with Crippen molar-refractivity contribution in [3.05, 3.63) is 20.8 Å². The maximum atomic E-state index is 13.2. The van der Waals surface area contributed by atoms with Crippen LogP contribution in [0.1, 0.15) is 44.2 Å². The second-order valence-corrected chi connectivity index (χ2v) is 10.2. The van der Waals surface area contributed by atoms with Crippen molar-refractivity contribution in [1.82, 2.24) is 19.4 Å². The Labute approximate surface area is 174 Å². The van der Waals surface area contributed by atoms with Gasteiger partial charge in [0.05, 0.1) is 10.6 Å². The number of fused-ring (bicyclic) bond motifs is 1. The van der Waals surface area contributed by atoms with E-state index in [2.05, 4.69) is 11.8 Å². The van der Waals surface area contributed by atoms with E-state index in [1.165, 1.54) is 11.8 Å². The van der Waals surface area contributed by atoms with Gasteiger partial charge < -0.3 is 9.80 Å². The largest absolute Gasteiger partial charge is 0.339 e. The summed E-state index contributed by atoms with van der Waals surface area (Å²) in [6.45, 7) is 16.5. The Morgan fingerprint density at radius 1 is 1.18 bits per heavy atom. The molecule has 3 heterocycles. The minimum absolute atomic E-state index is 0.000518. The minimum Gasteiger partial charge on any atom is -0.339 e. The van der Waals surface area contributed by atoms with Crippen molar-refractivity contribution in [2.24, 2.45) is 0 Å². The fourth-order valence-corrected chi connectivity index (χ4v) is 5.77. The Kier molecular flexibility index (Phi) is 6.51. The number of aryl methyl sites for hydroxylation is 2. The number of amides is 1. The lowest BCUT2D eigenvalue weighted by molar-refractivity contribution is -0.132. The van der Waals surface area contributed by atoms with Gasteiger partial charge >= 0.3 is 0 Å². The zero-order chi connectivity index (χ0) is 20.6. The Morgan fingerprint density at radius 2 is 1.82 bits per heavy atom. The Hall–Kier alpha value is -1.38. The molecule has 0 radical (unpaired) electrons. The number of carbonyl (C=O) groups is 1. The summed E-state index contributed by atoms with van der Waals surface area (Å²) in [6.07, 6.45) is 0. The van der Waals surface area contributed by atoms with Crippen LogP contribution in [0.25, 0.3) is 10.2 Å². The van der Waals surface area contributed by atoms with E-state index in [1.807, 2.05) is 39.5 Å². The number of rotatable bonds is 5. The van der Waals surface area contributed by atoms with Gasteiger partial charge in [-0.2, -0.15) is 0 Å². The second-order valence-electron chi connectivity index (χ2n) is 7.65. The van der Waals surface area contributed by atoms with Gasteiger partial charge in [-0.25, -0.2) is 4.98 Å². The van der Waals surface area contributed by atoms with Gasteiger partial charge in [0.25, 0.3) is 5.56 Å². The molecule has 1 aliphatic heterocycles. The van der Waals surface area contributed by atoms with Crippen LogP contribution >= 0.6 is 23.1 Å². The predicted molar refractivity (Wildman–Crippen MR) is 118 cm³/mol. The Morgan fingerprint density at radius 3 is 2.39 bits per heavy atom. The third kappa shape index (κ3) is 4.00.